The number of hydrogen-bond acceptors (Lipinski definition) is 3. The number of benzene rings is 1. The Balaban J connectivity index is 1.96. The Morgan fingerprint density at radius 3 is 3.00 bits per heavy atom. The molecule has 4 heteroatoms. The minimum atomic E-state index is -0.338. The molecule has 17 heavy (non-hydrogen) atoms. The summed E-state index contributed by atoms with van der Waals surface area (Å²) in [5.41, 5.74) is 7.07. The van der Waals surface area contributed by atoms with Crippen LogP contribution in [0.3, 0.4) is 0 Å². The third-order valence-electron chi connectivity index (χ3n) is 3.92. The molecule has 2 aliphatic heterocycles. The summed E-state index contributed by atoms with van der Waals surface area (Å²) < 4.78 is 0. The molecule has 2 aliphatic rings. The summed E-state index contributed by atoms with van der Waals surface area (Å²) >= 11 is 0. The van der Waals surface area contributed by atoms with Gasteiger partial charge in [-0.15, -0.1) is 0 Å². The van der Waals surface area contributed by atoms with Gasteiger partial charge < -0.3 is 16.0 Å². The lowest BCUT2D eigenvalue weighted by Crippen LogP contribution is -2.35. The quantitative estimate of drug-likeness (QED) is 0.783. The van der Waals surface area contributed by atoms with E-state index in [9.17, 15) is 4.79 Å². The van der Waals surface area contributed by atoms with E-state index in [2.05, 4.69) is 10.2 Å². The molecule has 1 aromatic rings. The van der Waals surface area contributed by atoms with Crippen molar-refractivity contribution in [3.8, 4) is 0 Å². The van der Waals surface area contributed by atoms with Crippen molar-refractivity contribution in [1.29, 1.82) is 0 Å². The van der Waals surface area contributed by atoms with E-state index < -0.39 is 0 Å². The lowest BCUT2D eigenvalue weighted by Gasteiger charge is -2.27. The molecule has 3 rings (SSSR count). The number of nitrogens with one attached hydrogen (secondary N) is 1. The van der Waals surface area contributed by atoms with Crippen LogP contribution in [0.15, 0.2) is 24.3 Å². The first-order valence-electron chi connectivity index (χ1n) is 6.13. The summed E-state index contributed by atoms with van der Waals surface area (Å²) in [5, 5.41) is 3.41. The van der Waals surface area contributed by atoms with Crippen molar-refractivity contribution >= 4 is 11.6 Å². The first-order chi connectivity index (χ1) is 8.27. The highest BCUT2D eigenvalue weighted by Gasteiger charge is 2.38. The van der Waals surface area contributed by atoms with E-state index in [1.165, 1.54) is 6.42 Å². The summed E-state index contributed by atoms with van der Waals surface area (Å²) in [7, 11) is 0. The van der Waals surface area contributed by atoms with Crippen molar-refractivity contribution in [3.05, 3.63) is 29.8 Å². The third-order valence-corrected chi connectivity index (χ3v) is 3.92. The maximum absolute atomic E-state index is 11.5. The number of fused-ring (bicyclic) bond motifs is 1. The van der Waals surface area contributed by atoms with Gasteiger partial charge in [0.1, 0.15) is 0 Å². The topological polar surface area (TPSA) is 58.4 Å². The molecule has 4 nitrogen and oxygen atoms in total. The second-order valence-electron chi connectivity index (χ2n) is 4.85. The van der Waals surface area contributed by atoms with Gasteiger partial charge in [0.2, 0.25) is 0 Å². The molecule has 0 radical (unpaired) electrons. The van der Waals surface area contributed by atoms with Crippen LogP contribution >= 0.6 is 0 Å². The standard InChI is InChI=1S/C13H17N3O/c14-13(17)10-3-1-2-4-11(10)16-6-5-9-7-15-8-12(9)16/h1-4,9,12,15H,5-8H2,(H2,14,17)/t9-,12+/m1/s1. The Kier molecular flexibility index (Phi) is 2.52. The number of carbonyl (C=O) groups is 1. The molecule has 2 saturated heterocycles. The van der Waals surface area contributed by atoms with E-state index in [4.69, 9.17) is 5.73 Å². The minimum Gasteiger partial charge on any atom is -0.366 e. The molecule has 1 amide bonds. The van der Waals surface area contributed by atoms with Crippen molar-refractivity contribution in [2.75, 3.05) is 24.5 Å². The van der Waals surface area contributed by atoms with Gasteiger partial charge in [-0.3, -0.25) is 4.79 Å². The molecule has 0 aromatic heterocycles. The van der Waals surface area contributed by atoms with Crippen molar-refractivity contribution < 1.29 is 4.79 Å². The van der Waals surface area contributed by atoms with Crippen LogP contribution in [-0.4, -0.2) is 31.6 Å². The number of carbonyl (C=O) groups excluding carboxylic acids is 1. The number of hydrogen-bond donors (Lipinski definition) is 2. The first-order valence-corrected chi connectivity index (χ1v) is 6.13. The monoisotopic (exact) mass is 231 g/mol. The van der Waals surface area contributed by atoms with Crippen molar-refractivity contribution in [2.24, 2.45) is 11.7 Å². The summed E-state index contributed by atoms with van der Waals surface area (Å²) in [5.74, 6) is 0.380. The SMILES string of the molecule is NC(=O)c1ccccc1N1CC[C@@H]2CNC[C@@H]21. The van der Waals surface area contributed by atoms with E-state index in [0.717, 1.165) is 31.2 Å². The zero-order valence-electron chi connectivity index (χ0n) is 9.73. The van der Waals surface area contributed by atoms with Gasteiger partial charge in [0, 0.05) is 31.4 Å². The van der Waals surface area contributed by atoms with Crippen molar-refractivity contribution in [1.82, 2.24) is 5.32 Å². The number of rotatable bonds is 2. The number of primary amides is 1. The predicted molar refractivity (Wildman–Crippen MR) is 67.1 cm³/mol. The average Bonchev–Trinajstić information content (AvgIpc) is 2.90. The van der Waals surface area contributed by atoms with Gasteiger partial charge in [-0.25, -0.2) is 0 Å². The third kappa shape index (κ3) is 1.69. The van der Waals surface area contributed by atoms with E-state index in [0.29, 0.717) is 11.6 Å². The van der Waals surface area contributed by atoms with Crippen LogP contribution in [0.25, 0.3) is 0 Å². The van der Waals surface area contributed by atoms with Crippen LogP contribution in [0.2, 0.25) is 0 Å². The van der Waals surface area contributed by atoms with Gasteiger partial charge in [0.05, 0.1) is 5.56 Å². The maximum Gasteiger partial charge on any atom is 0.250 e. The number of nitrogens with zero attached hydrogens (tertiary/aromatic N) is 1. The molecule has 2 fully saturated rings. The molecule has 2 atom stereocenters. The van der Waals surface area contributed by atoms with E-state index >= 15 is 0 Å². The van der Waals surface area contributed by atoms with Gasteiger partial charge in [0.15, 0.2) is 0 Å². The molecule has 0 unspecified atom stereocenters. The van der Waals surface area contributed by atoms with Crippen LogP contribution in [-0.2, 0) is 0 Å². The molecule has 0 spiro atoms. The zero-order valence-corrected chi connectivity index (χ0v) is 9.73. The second kappa shape index (κ2) is 4.04. The molecule has 0 aliphatic carbocycles. The predicted octanol–water partition coefficient (Wildman–Crippen LogP) is 0.584. The Hall–Kier alpha value is -1.55. The van der Waals surface area contributed by atoms with Crippen LogP contribution in [0.4, 0.5) is 5.69 Å². The highest BCUT2D eigenvalue weighted by molar-refractivity contribution is 5.98. The summed E-state index contributed by atoms with van der Waals surface area (Å²) in [6.07, 6.45) is 1.20. The minimum absolute atomic E-state index is 0.338. The Labute approximate surface area is 101 Å². The first kappa shape index (κ1) is 10.6. The van der Waals surface area contributed by atoms with E-state index in [-0.39, 0.29) is 5.91 Å². The number of nitrogens with two attached hydrogens (primary N) is 1. The summed E-state index contributed by atoms with van der Waals surface area (Å²) in [6.45, 7) is 3.14. The smallest absolute Gasteiger partial charge is 0.250 e. The van der Waals surface area contributed by atoms with Crippen LogP contribution in [0.1, 0.15) is 16.8 Å². The van der Waals surface area contributed by atoms with Crippen LogP contribution < -0.4 is 16.0 Å². The molecule has 3 N–H and O–H groups in total. The van der Waals surface area contributed by atoms with Gasteiger partial charge in [-0.2, -0.15) is 0 Å². The maximum atomic E-state index is 11.5. The van der Waals surface area contributed by atoms with Crippen molar-refractivity contribution in [2.45, 2.75) is 12.5 Å². The van der Waals surface area contributed by atoms with E-state index in [1.54, 1.807) is 0 Å². The second-order valence-corrected chi connectivity index (χ2v) is 4.85. The Morgan fingerprint density at radius 2 is 2.18 bits per heavy atom. The molecule has 0 saturated carbocycles. The van der Waals surface area contributed by atoms with E-state index in [1.807, 2.05) is 24.3 Å². The highest BCUT2D eigenvalue weighted by atomic mass is 16.1. The Morgan fingerprint density at radius 1 is 1.35 bits per heavy atom. The molecular weight excluding hydrogens is 214 g/mol. The summed E-state index contributed by atoms with van der Waals surface area (Å²) in [4.78, 5) is 13.8. The normalized spacial score (nSPS) is 27.2. The number of para-hydroxylation sites is 1. The summed E-state index contributed by atoms with van der Waals surface area (Å²) in [6, 6.07) is 8.17. The fourth-order valence-electron chi connectivity index (χ4n) is 3.08. The largest absolute Gasteiger partial charge is 0.366 e. The number of amides is 1. The number of anilines is 1. The fraction of sp³-hybridized carbons (Fsp3) is 0.462. The highest BCUT2D eigenvalue weighted by Crippen LogP contribution is 2.33. The van der Waals surface area contributed by atoms with Crippen LogP contribution in [0.5, 0.6) is 0 Å². The van der Waals surface area contributed by atoms with Gasteiger partial charge >= 0.3 is 0 Å². The molecule has 90 valence electrons. The van der Waals surface area contributed by atoms with Gasteiger partial charge in [-0.05, 0) is 24.5 Å². The zero-order chi connectivity index (χ0) is 11.8. The van der Waals surface area contributed by atoms with Crippen molar-refractivity contribution in [3.63, 3.8) is 0 Å². The fourth-order valence-corrected chi connectivity index (χ4v) is 3.08. The van der Waals surface area contributed by atoms with Gasteiger partial charge in [-0.1, -0.05) is 12.1 Å². The molecule has 0 bridgehead atoms. The van der Waals surface area contributed by atoms with Gasteiger partial charge in [0.25, 0.3) is 5.91 Å². The Bertz CT molecular complexity index is 446. The molecule has 1 aromatic carbocycles. The lowest BCUT2D eigenvalue weighted by molar-refractivity contribution is 0.100. The average molecular weight is 231 g/mol. The molecule has 2 heterocycles. The lowest BCUT2D eigenvalue weighted by atomic mass is 10.0. The van der Waals surface area contributed by atoms with Crippen LogP contribution in [0, 0.1) is 5.92 Å². The molecular formula is C13H17N3O.